The molecule has 1 aromatic rings. The molecule has 1 amide bonds. The van der Waals surface area contributed by atoms with Gasteiger partial charge in [0.1, 0.15) is 6.17 Å². The number of carbonyl (C=O) groups excluding carboxylic acids is 1. The first kappa shape index (κ1) is 18.3. The Morgan fingerprint density at radius 1 is 1.05 bits per heavy atom. The first-order valence-corrected chi connectivity index (χ1v) is 7.54. The van der Waals surface area contributed by atoms with Gasteiger partial charge >= 0.3 is 0 Å². The highest BCUT2D eigenvalue weighted by Crippen LogP contribution is 2.33. The van der Waals surface area contributed by atoms with Crippen molar-refractivity contribution in [2.45, 2.75) is 20.7 Å². The molecule has 9 heteroatoms. The van der Waals surface area contributed by atoms with E-state index >= 15 is 0 Å². The molecule has 0 heterocycles. The summed E-state index contributed by atoms with van der Waals surface area (Å²) in [6.45, 7) is 1.93. The Morgan fingerprint density at radius 3 is 1.95 bits per heavy atom. The highest BCUT2D eigenvalue weighted by molar-refractivity contribution is 6.76. The number of hydrogen-bond donors (Lipinski definition) is 2. The highest BCUT2D eigenvalue weighted by Gasteiger charge is 2.39. The molecule has 0 fully saturated rings. The van der Waals surface area contributed by atoms with Crippen LogP contribution in [0.5, 0.6) is 0 Å². The van der Waals surface area contributed by atoms with Gasteiger partial charge in [-0.25, -0.2) is 0 Å². The molecule has 20 heavy (non-hydrogen) atoms. The van der Waals surface area contributed by atoms with Gasteiger partial charge in [0.15, 0.2) is 0 Å². The third kappa shape index (κ3) is 5.92. The standard InChI is InChI=1S/C11H10Cl6N2O/c1-6-2-4-7(5-3-6)18-8(10(12,13)14)19-9(20)11(15,16)17/h2-5,8,18H,1H3,(H,19,20). The van der Waals surface area contributed by atoms with Crippen molar-refractivity contribution in [3.05, 3.63) is 29.8 Å². The maximum atomic E-state index is 11.6. The maximum Gasteiger partial charge on any atom is 0.273 e. The summed E-state index contributed by atoms with van der Waals surface area (Å²) in [4.78, 5) is 11.6. The van der Waals surface area contributed by atoms with Crippen molar-refractivity contribution in [2.75, 3.05) is 5.32 Å². The molecule has 3 nitrogen and oxygen atoms in total. The number of alkyl halides is 6. The lowest BCUT2D eigenvalue weighted by molar-refractivity contribution is -0.120. The highest BCUT2D eigenvalue weighted by atomic mass is 35.6. The zero-order valence-electron chi connectivity index (χ0n) is 10.1. The molecule has 0 saturated carbocycles. The van der Waals surface area contributed by atoms with Crippen LogP contribution in [0, 0.1) is 6.92 Å². The molecule has 1 aromatic carbocycles. The van der Waals surface area contributed by atoms with E-state index in [1.165, 1.54) is 0 Å². The molecule has 2 N–H and O–H groups in total. The predicted molar refractivity (Wildman–Crippen MR) is 87.3 cm³/mol. The zero-order valence-corrected chi connectivity index (χ0v) is 14.6. The fraction of sp³-hybridized carbons (Fsp3) is 0.364. The summed E-state index contributed by atoms with van der Waals surface area (Å²) >= 11 is 33.8. The van der Waals surface area contributed by atoms with Crippen LogP contribution in [0.15, 0.2) is 24.3 Å². The van der Waals surface area contributed by atoms with Crippen LogP contribution in [0.1, 0.15) is 5.56 Å². The monoisotopic (exact) mass is 396 g/mol. The third-order valence-electron chi connectivity index (χ3n) is 2.22. The lowest BCUT2D eigenvalue weighted by Crippen LogP contribution is -2.52. The molecule has 0 aliphatic carbocycles. The average molecular weight is 399 g/mol. The van der Waals surface area contributed by atoms with Crippen molar-refractivity contribution in [1.29, 1.82) is 0 Å². The second-order valence-corrected chi connectivity index (χ2v) is 8.61. The van der Waals surface area contributed by atoms with Crippen molar-refractivity contribution < 1.29 is 4.79 Å². The zero-order chi connectivity index (χ0) is 15.6. The van der Waals surface area contributed by atoms with Crippen LogP contribution in [-0.4, -0.2) is 19.7 Å². The fourth-order valence-electron chi connectivity index (χ4n) is 1.23. The molecule has 0 saturated heterocycles. The number of amides is 1. The van der Waals surface area contributed by atoms with Gasteiger partial charge in [0, 0.05) is 5.69 Å². The maximum absolute atomic E-state index is 11.6. The number of nitrogens with one attached hydrogen (secondary N) is 2. The number of anilines is 1. The molecule has 0 bridgehead atoms. The van der Waals surface area contributed by atoms with Crippen molar-refractivity contribution in [1.82, 2.24) is 5.32 Å². The number of aryl methyl sites for hydroxylation is 1. The largest absolute Gasteiger partial charge is 0.362 e. The Kier molecular flexibility index (Phi) is 6.39. The van der Waals surface area contributed by atoms with Gasteiger partial charge in [-0.1, -0.05) is 87.3 Å². The number of hydrogen-bond acceptors (Lipinski definition) is 2. The van der Waals surface area contributed by atoms with Crippen LogP contribution in [0.2, 0.25) is 0 Å². The summed E-state index contributed by atoms with van der Waals surface area (Å²) < 4.78 is -3.99. The first-order valence-electron chi connectivity index (χ1n) is 5.28. The average Bonchev–Trinajstić information content (AvgIpc) is 2.28. The minimum atomic E-state index is -2.15. The van der Waals surface area contributed by atoms with Crippen LogP contribution in [0.3, 0.4) is 0 Å². The third-order valence-corrected chi connectivity index (χ3v) is 3.39. The molecule has 1 rings (SSSR count). The van der Waals surface area contributed by atoms with E-state index < -0.39 is 19.7 Å². The SMILES string of the molecule is Cc1ccc(NC(NC(=O)C(Cl)(Cl)Cl)C(Cl)(Cl)Cl)cc1. The number of benzene rings is 1. The summed E-state index contributed by atoms with van der Waals surface area (Å²) in [5.74, 6) is -0.904. The van der Waals surface area contributed by atoms with Crippen LogP contribution >= 0.6 is 69.6 Å². The van der Waals surface area contributed by atoms with Gasteiger partial charge in [-0.3, -0.25) is 4.79 Å². The van der Waals surface area contributed by atoms with Gasteiger partial charge in [-0.2, -0.15) is 0 Å². The number of halogens is 6. The molecule has 0 aromatic heterocycles. The van der Waals surface area contributed by atoms with Crippen LogP contribution in [0.25, 0.3) is 0 Å². The molecule has 0 aliphatic heterocycles. The predicted octanol–water partition coefficient (Wildman–Crippen LogP) is 4.59. The van der Waals surface area contributed by atoms with E-state index in [1.54, 1.807) is 12.1 Å². The Morgan fingerprint density at radius 2 is 1.55 bits per heavy atom. The minimum absolute atomic E-state index is 0.636. The Bertz CT molecular complexity index is 465. The summed E-state index contributed by atoms with van der Waals surface area (Å²) in [6.07, 6.45) is -1.07. The number of carbonyl (C=O) groups is 1. The summed E-state index contributed by atoms with van der Waals surface area (Å²) in [5, 5.41) is 5.16. The Balaban J connectivity index is 2.86. The Labute approximate surface area is 146 Å². The summed E-state index contributed by atoms with van der Waals surface area (Å²) in [7, 11) is 0. The van der Waals surface area contributed by atoms with Crippen LogP contribution in [-0.2, 0) is 4.79 Å². The van der Waals surface area contributed by atoms with Crippen LogP contribution < -0.4 is 10.6 Å². The van der Waals surface area contributed by atoms with E-state index in [0.29, 0.717) is 5.69 Å². The summed E-state index contributed by atoms with van der Waals surface area (Å²) in [6, 6.07) is 7.24. The van der Waals surface area contributed by atoms with Gasteiger partial charge < -0.3 is 10.6 Å². The quantitative estimate of drug-likeness (QED) is 0.577. The first-order chi connectivity index (χ1) is 9.00. The molecule has 0 radical (unpaired) electrons. The van der Waals surface area contributed by atoms with Crippen molar-refractivity contribution >= 4 is 81.2 Å². The second-order valence-electron chi connectivity index (χ2n) is 3.96. The fourth-order valence-corrected chi connectivity index (χ4v) is 1.72. The van der Waals surface area contributed by atoms with E-state index in [1.807, 2.05) is 19.1 Å². The molecule has 0 aliphatic rings. The van der Waals surface area contributed by atoms with E-state index in [9.17, 15) is 4.79 Å². The lowest BCUT2D eigenvalue weighted by Gasteiger charge is -2.28. The topological polar surface area (TPSA) is 41.1 Å². The molecular formula is C11H10Cl6N2O. The molecule has 1 unspecified atom stereocenters. The summed E-state index contributed by atoms with van der Waals surface area (Å²) in [5.41, 5.74) is 1.70. The van der Waals surface area contributed by atoms with Crippen molar-refractivity contribution in [2.24, 2.45) is 0 Å². The number of rotatable bonds is 3. The van der Waals surface area contributed by atoms with Gasteiger partial charge in [-0.05, 0) is 19.1 Å². The van der Waals surface area contributed by atoms with E-state index in [0.717, 1.165) is 5.56 Å². The van der Waals surface area contributed by atoms with E-state index in [-0.39, 0.29) is 0 Å². The van der Waals surface area contributed by atoms with Gasteiger partial charge in [0.25, 0.3) is 9.70 Å². The normalized spacial score (nSPS) is 13.8. The lowest BCUT2D eigenvalue weighted by atomic mass is 10.2. The molecule has 112 valence electrons. The molecule has 0 spiro atoms. The molecular weight excluding hydrogens is 389 g/mol. The smallest absolute Gasteiger partial charge is 0.273 e. The molecule has 1 atom stereocenters. The van der Waals surface area contributed by atoms with Crippen LogP contribution in [0.4, 0.5) is 5.69 Å². The van der Waals surface area contributed by atoms with Gasteiger partial charge in [0.05, 0.1) is 0 Å². The van der Waals surface area contributed by atoms with Gasteiger partial charge in [0.2, 0.25) is 3.79 Å². The van der Waals surface area contributed by atoms with E-state index in [4.69, 9.17) is 69.6 Å². The van der Waals surface area contributed by atoms with Crippen molar-refractivity contribution in [3.8, 4) is 0 Å². The van der Waals surface area contributed by atoms with Crippen molar-refractivity contribution in [3.63, 3.8) is 0 Å². The minimum Gasteiger partial charge on any atom is -0.362 e. The second kappa shape index (κ2) is 6.99. The Hall–Kier alpha value is 0.230. The van der Waals surface area contributed by atoms with E-state index in [2.05, 4.69) is 10.6 Å². The van der Waals surface area contributed by atoms with Gasteiger partial charge in [-0.15, -0.1) is 0 Å².